The van der Waals surface area contributed by atoms with Crippen LogP contribution in [-0.4, -0.2) is 62.8 Å². The van der Waals surface area contributed by atoms with Gasteiger partial charge in [-0.2, -0.15) is 0 Å². The van der Waals surface area contributed by atoms with Gasteiger partial charge in [-0.15, -0.1) is 0 Å². The molecule has 0 unspecified atom stereocenters. The van der Waals surface area contributed by atoms with Gasteiger partial charge in [0.05, 0.1) is 0 Å². The summed E-state index contributed by atoms with van der Waals surface area (Å²) in [7, 11) is 0. The molecule has 1 fully saturated rings. The molecule has 1 aliphatic rings. The Kier molecular flexibility index (Phi) is 6.84. The second-order valence-electron chi connectivity index (χ2n) is 3.88. The zero-order valence-corrected chi connectivity index (χ0v) is 11.1. The summed E-state index contributed by atoms with van der Waals surface area (Å²) in [6, 6.07) is 0. The lowest BCUT2D eigenvalue weighted by molar-refractivity contribution is 0.116. The lowest BCUT2D eigenvalue weighted by Crippen LogP contribution is -2.43. The first kappa shape index (κ1) is 12.5. The highest BCUT2D eigenvalue weighted by atomic mass is 27.1. The lowest BCUT2D eigenvalue weighted by atomic mass is 10.4. The van der Waals surface area contributed by atoms with Gasteiger partial charge >= 0.3 is 15.7 Å². The number of hydrogen-bond acceptors (Lipinski definition) is 3. The molecule has 0 spiro atoms. The third-order valence-corrected chi connectivity index (χ3v) is 5.15. The molecule has 0 aromatic carbocycles. The molecule has 1 rings (SSSR count). The Morgan fingerprint density at radius 3 is 1.93 bits per heavy atom. The van der Waals surface area contributed by atoms with Gasteiger partial charge < -0.3 is 12.5 Å². The van der Waals surface area contributed by atoms with Crippen LogP contribution < -0.4 is 0 Å². The predicted octanol–water partition coefficient (Wildman–Crippen LogP) is 0.707. The highest BCUT2D eigenvalue weighted by Crippen LogP contribution is 1.99. The smallest absolute Gasteiger partial charge is 0.381 e. The van der Waals surface area contributed by atoms with E-state index in [1.807, 2.05) is 0 Å². The Hall–Kier alpha value is 0.412. The molecule has 0 N–H and O–H groups in total. The van der Waals surface area contributed by atoms with Gasteiger partial charge in [-0.05, 0) is 39.0 Å². The normalized spacial score (nSPS) is 23.0. The van der Waals surface area contributed by atoms with Crippen molar-refractivity contribution in [1.29, 1.82) is 0 Å². The average Bonchev–Trinajstić information content (AvgIpc) is 2.25. The van der Waals surface area contributed by atoms with Crippen molar-refractivity contribution in [2.45, 2.75) is 26.7 Å². The molecule has 1 aliphatic heterocycles. The molecule has 0 aromatic heterocycles. The van der Waals surface area contributed by atoms with Crippen LogP contribution in [-0.2, 0) is 4.74 Å². The van der Waals surface area contributed by atoms with Crippen molar-refractivity contribution in [3.8, 4) is 0 Å². The Bertz CT molecular complexity index is 132. The fraction of sp³-hybridized carbons (Fsp3) is 1.00. The van der Waals surface area contributed by atoms with E-state index in [1.165, 1.54) is 39.0 Å². The van der Waals surface area contributed by atoms with E-state index in [9.17, 15) is 0 Å². The third kappa shape index (κ3) is 4.77. The zero-order valence-electron chi connectivity index (χ0n) is 9.67. The van der Waals surface area contributed by atoms with Gasteiger partial charge in [0.1, 0.15) is 0 Å². The first-order valence-corrected chi connectivity index (χ1v) is 7.15. The summed E-state index contributed by atoms with van der Waals surface area (Å²) in [6.07, 6.45) is 2.41. The molecular formula is C10H23AlN2O. The minimum atomic E-state index is -0.147. The monoisotopic (exact) mass is 214 g/mol. The molecule has 0 bridgehead atoms. The molecule has 0 aromatic rings. The predicted molar refractivity (Wildman–Crippen MR) is 61.7 cm³/mol. The fourth-order valence-corrected chi connectivity index (χ4v) is 3.52. The molecule has 1 heterocycles. The Balaban J connectivity index is 2.36. The minimum absolute atomic E-state index is 0.147. The van der Waals surface area contributed by atoms with E-state index in [0.717, 1.165) is 13.2 Å². The van der Waals surface area contributed by atoms with Crippen molar-refractivity contribution < 1.29 is 4.74 Å². The van der Waals surface area contributed by atoms with E-state index in [0.29, 0.717) is 0 Å². The first-order chi connectivity index (χ1) is 6.86. The van der Waals surface area contributed by atoms with Crippen LogP contribution in [0.3, 0.4) is 0 Å². The van der Waals surface area contributed by atoms with Gasteiger partial charge in [-0.25, -0.2) is 0 Å². The van der Waals surface area contributed by atoms with E-state index in [2.05, 4.69) is 21.6 Å². The van der Waals surface area contributed by atoms with Crippen LogP contribution >= 0.6 is 0 Å². The van der Waals surface area contributed by atoms with Crippen LogP contribution in [0.2, 0.25) is 0 Å². The van der Waals surface area contributed by atoms with Crippen LogP contribution in [0.1, 0.15) is 26.7 Å². The van der Waals surface area contributed by atoms with Crippen molar-refractivity contribution in [2.24, 2.45) is 0 Å². The maximum Gasteiger partial charge on any atom is 0.463 e. The van der Waals surface area contributed by atoms with Crippen molar-refractivity contribution in [1.82, 2.24) is 7.77 Å². The van der Waals surface area contributed by atoms with Gasteiger partial charge in [0, 0.05) is 13.2 Å². The maximum absolute atomic E-state index is 5.56. The molecule has 0 atom stereocenters. The van der Waals surface area contributed by atoms with Gasteiger partial charge in [0.25, 0.3) is 0 Å². The van der Waals surface area contributed by atoms with Gasteiger partial charge in [0.15, 0.2) is 0 Å². The molecule has 0 radical (unpaired) electrons. The van der Waals surface area contributed by atoms with E-state index in [4.69, 9.17) is 4.74 Å². The van der Waals surface area contributed by atoms with E-state index in [-0.39, 0.29) is 15.7 Å². The lowest BCUT2D eigenvalue weighted by Gasteiger charge is -2.28. The summed E-state index contributed by atoms with van der Waals surface area (Å²) < 4.78 is 10.8. The van der Waals surface area contributed by atoms with Crippen LogP contribution in [0.5, 0.6) is 0 Å². The van der Waals surface area contributed by atoms with Crippen molar-refractivity contribution >= 4 is 15.7 Å². The molecule has 0 amide bonds. The van der Waals surface area contributed by atoms with Crippen molar-refractivity contribution in [3.63, 3.8) is 0 Å². The van der Waals surface area contributed by atoms with Gasteiger partial charge in [0.2, 0.25) is 0 Å². The summed E-state index contributed by atoms with van der Waals surface area (Å²) in [5, 5.41) is 0. The van der Waals surface area contributed by atoms with Crippen LogP contribution in [0.15, 0.2) is 0 Å². The van der Waals surface area contributed by atoms with Gasteiger partial charge in [-0.3, -0.25) is 0 Å². The molecule has 14 heavy (non-hydrogen) atoms. The van der Waals surface area contributed by atoms with Gasteiger partial charge in [-0.1, -0.05) is 13.8 Å². The Labute approximate surface area is 94.5 Å². The second kappa shape index (κ2) is 7.67. The Morgan fingerprint density at radius 2 is 1.50 bits per heavy atom. The molecule has 82 valence electrons. The van der Waals surface area contributed by atoms with E-state index in [1.54, 1.807) is 0 Å². The van der Waals surface area contributed by atoms with Crippen molar-refractivity contribution in [2.75, 3.05) is 39.4 Å². The summed E-state index contributed by atoms with van der Waals surface area (Å²) in [5.41, 5.74) is 0. The maximum atomic E-state index is 5.56. The van der Waals surface area contributed by atoms with E-state index < -0.39 is 0 Å². The van der Waals surface area contributed by atoms with E-state index >= 15 is 0 Å². The average molecular weight is 214 g/mol. The largest absolute Gasteiger partial charge is 0.463 e. The standard InChI is InChI=1S/C10H22N2O.Al.H/c1-3-11-7-5-9-13-10-6-8-12-4-2;;/h3-10H2,1-2H3;;/q-2;+2;. The molecule has 4 heteroatoms. The topological polar surface area (TPSA) is 15.7 Å². The summed E-state index contributed by atoms with van der Waals surface area (Å²) in [4.78, 5) is 0. The number of hydrogen-bond donors (Lipinski definition) is 0. The second-order valence-corrected chi connectivity index (χ2v) is 5.95. The zero-order chi connectivity index (χ0) is 10.2. The summed E-state index contributed by atoms with van der Waals surface area (Å²) in [6.45, 7) is 11.3. The molecule has 0 aliphatic carbocycles. The number of nitrogens with zero attached hydrogens (tertiary/aromatic N) is 2. The highest BCUT2D eigenvalue weighted by Gasteiger charge is 2.13. The van der Waals surface area contributed by atoms with Crippen molar-refractivity contribution in [3.05, 3.63) is 0 Å². The fourth-order valence-electron chi connectivity index (χ4n) is 1.82. The summed E-state index contributed by atoms with van der Waals surface area (Å²) >= 11 is -0.147. The van der Waals surface area contributed by atoms with Crippen LogP contribution in [0.4, 0.5) is 0 Å². The molecular weight excluding hydrogens is 191 g/mol. The van der Waals surface area contributed by atoms with Crippen LogP contribution in [0, 0.1) is 0 Å². The molecule has 1 saturated heterocycles. The SMILES string of the molecule is CC[N]1CCCOCCC[N](CC)[AlH]1. The van der Waals surface area contributed by atoms with Crippen LogP contribution in [0.25, 0.3) is 0 Å². The third-order valence-electron chi connectivity index (χ3n) is 2.82. The number of ether oxygens (including phenoxy) is 1. The quantitative estimate of drug-likeness (QED) is 0.630. The molecule has 3 nitrogen and oxygen atoms in total. The number of rotatable bonds is 2. The Morgan fingerprint density at radius 1 is 1.00 bits per heavy atom. The summed E-state index contributed by atoms with van der Waals surface area (Å²) in [5.74, 6) is 0. The highest BCUT2D eigenvalue weighted by molar-refractivity contribution is 6.28. The molecule has 0 saturated carbocycles. The minimum Gasteiger partial charge on any atom is -0.381 e. The first-order valence-electron chi connectivity index (χ1n) is 5.89.